The Hall–Kier alpha value is -3.07. The summed E-state index contributed by atoms with van der Waals surface area (Å²) < 4.78 is 17.9. The first kappa shape index (κ1) is 24.6. The van der Waals surface area contributed by atoms with Crippen LogP contribution in [0.3, 0.4) is 0 Å². The normalized spacial score (nSPS) is 14.7. The Kier molecular flexibility index (Phi) is 7.97. The summed E-state index contributed by atoms with van der Waals surface area (Å²) in [5.41, 5.74) is 2.90. The topological polar surface area (TPSA) is 86.1 Å². The minimum Gasteiger partial charge on any atom is -0.493 e. The molecule has 1 amide bonds. The smallest absolute Gasteiger partial charge is 0.254 e. The highest BCUT2D eigenvalue weighted by Crippen LogP contribution is 2.38. The van der Waals surface area contributed by atoms with Crippen LogP contribution in [0, 0.1) is 13.8 Å². The first-order valence-corrected chi connectivity index (χ1v) is 11.2. The highest BCUT2D eigenvalue weighted by atomic mass is 16.5. The monoisotopic (exact) mass is 458 g/mol. The van der Waals surface area contributed by atoms with Crippen molar-refractivity contribution in [2.45, 2.75) is 26.7 Å². The largest absolute Gasteiger partial charge is 0.493 e. The summed E-state index contributed by atoms with van der Waals surface area (Å²) in [6.45, 7) is 7.27. The molecule has 1 saturated heterocycles. The zero-order valence-electron chi connectivity index (χ0n) is 20.4. The van der Waals surface area contributed by atoms with Gasteiger partial charge in [0.2, 0.25) is 5.75 Å². The summed E-state index contributed by atoms with van der Waals surface area (Å²) >= 11 is 0. The number of rotatable bonds is 8. The lowest BCUT2D eigenvalue weighted by Gasteiger charge is -2.23. The predicted octanol–water partition coefficient (Wildman–Crippen LogP) is 2.48. The molecule has 2 aromatic rings. The summed E-state index contributed by atoms with van der Waals surface area (Å²) in [6.07, 6.45) is 1.28. The lowest BCUT2D eigenvalue weighted by Crippen LogP contribution is -2.35. The fourth-order valence-electron chi connectivity index (χ4n) is 4.35. The Morgan fingerprint density at radius 1 is 0.970 bits per heavy atom. The highest BCUT2D eigenvalue weighted by Gasteiger charge is 2.24. The van der Waals surface area contributed by atoms with Gasteiger partial charge in [-0.1, -0.05) is 0 Å². The lowest BCUT2D eigenvalue weighted by molar-refractivity contribution is 0.0758. The summed E-state index contributed by atoms with van der Waals surface area (Å²) in [7, 11) is 6.46. The van der Waals surface area contributed by atoms with Crippen molar-refractivity contribution in [3.05, 3.63) is 34.6 Å². The molecule has 0 N–H and O–H groups in total. The van der Waals surface area contributed by atoms with Crippen LogP contribution in [0.15, 0.2) is 12.1 Å². The first-order chi connectivity index (χ1) is 15.8. The summed E-state index contributed by atoms with van der Waals surface area (Å²) in [6, 6.07) is 3.37. The third-order valence-corrected chi connectivity index (χ3v) is 6.23. The molecule has 1 aromatic carbocycles. The van der Waals surface area contributed by atoms with Crippen LogP contribution in [-0.2, 0) is 7.05 Å². The minimum absolute atomic E-state index is 0.0752. The van der Waals surface area contributed by atoms with Crippen LogP contribution in [-0.4, -0.2) is 85.3 Å². The molecular formula is C24H34N4O5. The van der Waals surface area contributed by atoms with Gasteiger partial charge in [0.05, 0.1) is 32.6 Å². The van der Waals surface area contributed by atoms with Crippen molar-refractivity contribution in [1.82, 2.24) is 19.6 Å². The van der Waals surface area contributed by atoms with Gasteiger partial charge in [-0.2, -0.15) is 5.10 Å². The van der Waals surface area contributed by atoms with E-state index in [0.29, 0.717) is 55.4 Å². The lowest BCUT2D eigenvalue weighted by atomic mass is 10.1. The van der Waals surface area contributed by atoms with Gasteiger partial charge in [-0.05, 0) is 38.9 Å². The van der Waals surface area contributed by atoms with Crippen molar-refractivity contribution in [3.8, 4) is 17.2 Å². The average molecular weight is 459 g/mol. The molecule has 1 aliphatic rings. The fraction of sp³-hybridized carbons (Fsp3) is 0.542. The van der Waals surface area contributed by atoms with E-state index in [-0.39, 0.29) is 11.7 Å². The van der Waals surface area contributed by atoms with Gasteiger partial charge in [0.15, 0.2) is 17.3 Å². The van der Waals surface area contributed by atoms with Gasteiger partial charge in [0.1, 0.15) is 0 Å². The number of hydrogen-bond acceptors (Lipinski definition) is 7. The number of aryl methyl sites for hydroxylation is 2. The number of Topliss-reactive ketones (excluding diaryl/α,β-unsaturated/α-hetero) is 1. The zero-order valence-corrected chi connectivity index (χ0v) is 20.4. The minimum atomic E-state index is -0.0752. The van der Waals surface area contributed by atoms with E-state index in [0.717, 1.165) is 29.9 Å². The molecule has 1 aliphatic heterocycles. The summed E-state index contributed by atoms with van der Waals surface area (Å²) in [4.78, 5) is 30.1. The number of ketones is 1. The van der Waals surface area contributed by atoms with Crippen LogP contribution < -0.4 is 14.2 Å². The van der Waals surface area contributed by atoms with E-state index in [1.807, 2.05) is 25.8 Å². The molecule has 180 valence electrons. The van der Waals surface area contributed by atoms with Crippen LogP contribution in [0.2, 0.25) is 0 Å². The Morgan fingerprint density at radius 2 is 1.64 bits per heavy atom. The van der Waals surface area contributed by atoms with Crippen molar-refractivity contribution in [1.29, 1.82) is 0 Å². The van der Waals surface area contributed by atoms with Gasteiger partial charge < -0.3 is 24.0 Å². The number of ether oxygens (including phenoxy) is 3. The van der Waals surface area contributed by atoms with Gasteiger partial charge in [0.25, 0.3) is 5.91 Å². The molecule has 0 aliphatic carbocycles. The van der Waals surface area contributed by atoms with Crippen LogP contribution in [0.1, 0.15) is 44.9 Å². The SMILES string of the molecule is COc1cc(C(=O)N2CCCN(CCC(=O)c3c(C)nn(C)c3C)CC2)cc(OC)c1OC. The van der Waals surface area contributed by atoms with E-state index < -0.39 is 0 Å². The van der Waals surface area contributed by atoms with E-state index in [1.165, 1.54) is 21.3 Å². The molecule has 0 spiro atoms. The van der Waals surface area contributed by atoms with E-state index >= 15 is 0 Å². The third kappa shape index (κ3) is 5.30. The highest BCUT2D eigenvalue weighted by molar-refractivity contribution is 5.98. The number of benzene rings is 1. The average Bonchev–Trinajstić information content (AvgIpc) is 2.97. The Labute approximate surface area is 195 Å². The summed E-state index contributed by atoms with van der Waals surface area (Å²) in [5, 5.41) is 4.35. The number of carbonyl (C=O) groups excluding carboxylic acids is 2. The molecule has 2 heterocycles. The second-order valence-corrected chi connectivity index (χ2v) is 8.24. The van der Waals surface area contributed by atoms with Gasteiger partial charge >= 0.3 is 0 Å². The quantitative estimate of drug-likeness (QED) is 0.562. The standard InChI is InChI=1S/C24H34N4O5/c1-16-22(17(2)26(3)25-16)19(29)8-11-27-9-7-10-28(13-12-27)24(30)18-14-20(31-4)23(33-6)21(15-18)32-5/h14-15H,7-13H2,1-6H3. The second-order valence-electron chi connectivity index (χ2n) is 8.24. The fourth-order valence-corrected chi connectivity index (χ4v) is 4.35. The number of carbonyl (C=O) groups is 2. The molecule has 0 saturated carbocycles. The predicted molar refractivity (Wildman–Crippen MR) is 125 cm³/mol. The van der Waals surface area contributed by atoms with E-state index in [2.05, 4.69) is 10.00 Å². The molecule has 1 aromatic heterocycles. The Bertz CT molecular complexity index is 992. The Morgan fingerprint density at radius 3 is 2.18 bits per heavy atom. The Balaban J connectivity index is 1.63. The molecule has 0 unspecified atom stereocenters. The van der Waals surface area contributed by atoms with Crippen LogP contribution >= 0.6 is 0 Å². The maximum absolute atomic E-state index is 13.2. The third-order valence-electron chi connectivity index (χ3n) is 6.23. The zero-order chi connectivity index (χ0) is 24.1. The van der Waals surface area contributed by atoms with Gasteiger partial charge in [-0.3, -0.25) is 14.3 Å². The maximum atomic E-state index is 13.2. The van der Waals surface area contributed by atoms with Crippen molar-refractivity contribution >= 4 is 11.7 Å². The van der Waals surface area contributed by atoms with Gasteiger partial charge in [0, 0.05) is 50.9 Å². The molecule has 0 bridgehead atoms. The number of hydrogen-bond donors (Lipinski definition) is 0. The number of nitrogens with zero attached hydrogens (tertiary/aromatic N) is 4. The van der Waals surface area contributed by atoms with Crippen molar-refractivity contribution < 1.29 is 23.8 Å². The van der Waals surface area contributed by atoms with E-state index in [9.17, 15) is 9.59 Å². The van der Waals surface area contributed by atoms with Crippen LogP contribution in [0.4, 0.5) is 0 Å². The maximum Gasteiger partial charge on any atom is 0.254 e. The van der Waals surface area contributed by atoms with Gasteiger partial charge in [-0.15, -0.1) is 0 Å². The number of amides is 1. The van der Waals surface area contributed by atoms with E-state index in [4.69, 9.17) is 14.2 Å². The second kappa shape index (κ2) is 10.7. The number of methoxy groups -OCH3 is 3. The molecule has 33 heavy (non-hydrogen) atoms. The van der Waals surface area contributed by atoms with Crippen molar-refractivity contribution in [2.75, 3.05) is 54.1 Å². The summed E-state index contributed by atoms with van der Waals surface area (Å²) in [5.74, 6) is 1.41. The number of aromatic nitrogens is 2. The molecule has 0 radical (unpaired) electrons. The van der Waals surface area contributed by atoms with Crippen LogP contribution in [0.25, 0.3) is 0 Å². The van der Waals surface area contributed by atoms with Crippen molar-refractivity contribution in [2.24, 2.45) is 7.05 Å². The molecule has 9 heteroatoms. The molecular weight excluding hydrogens is 424 g/mol. The van der Waals surface area contributed by atoms with Gasteiger partial charge in [-0.25, -0.2) is 0 Å². The molecule has 3 rings (SSSR count). The molecule has 0 atom stereocenters. The molecule has 1 fully saturated rings. The van der Waals surface area contributed by atoms with Crippen LogP contribution in [0.5, 0.6) is 17.2 Å². The first-order valence-electron chi connectivity index (χ1n) is 11.2. The van der Waals surface area contributed by atoms with Crippen molar-refractivity contribution in [3.63, 3.8) is 0 Å². The van der Waals surface area contributed by atoms with E-state index in [1.54, 1.807) is 16.8 Å². The molecule has 9 nitrogen and oxygen atoms in total.